The highest BCUT2D eigenvalue weighted by Crippen LogP contribution is 2.21. The number of carbonyl (C=O) groups is 1. The zero-order valence-corrected chi connectivity index (χ0v) is 13.9. The maximum atomic E-state index is 12.1. The van der Waals surface area contributed by atoms with E-state index in [9.17, 15) is 13.2 Å². The number of benzene rings is 1. The van der Waals surface area contributed by atoms with Crippen LogP contribution < -0.4 is 5.32 Å². The lowest BCUT2D eigenvalue weighted by molar-refractivity contribution is -0.131. The Kier molecular flexibility index (Phi) is 6.36. The maximum Gasteiger partial charge on any atom is 0.222 e. The molecule has 0 aromatic heterocycles. The van der Waals surface area contributed by atoms with Gasteiger partial charge in [0.05, 0.1) is 10.9 Å². The molecule has 1 amide bonds. The predicted molar refractivity (Wildman–Crippen MR) is 83.9 cm³/mol. The fourth-order valence-electron chi connectivity index (χ4n) is 2.03. The first kappa shape index (κ1) is 17.7. The molecule has 0 saturated heterocycles. The van der Waals surface area contributed by atoms with Crippen molar-refractivity contribution in [2.24, 2.45) is 0 Å². The minimum atomic E-state index is -3.18. The third-order valence-electron chi connectivity index (χ3n) is 3.58. The molecule has 0 fully saturated rings. The summed E-state index contributed by atoms with van der Waals surface area (Å²) in [7, 11) is 0.452. The van der Waals surface area contributed by atoms with Crippen molar-refractivity contribution < 1.29 is 13.2 Å². The molecule has 0 bridgehead atoms. The molecule has 1 N–H and O–H groups in total. The lowest BCUT2D eigenvalue weighted by atomic mass is 10.1. The molecule has 21 heavy (non-hydrogen) atoms. The average molecular weight is 312 g/mol. The predicted octanol–water partition coefficient (Wildman–Crippen LogP) is 1.61. The minimum Gasteiger partial charge on any atom is -0.339 e. The van der Waals surface area contributed by atoms with Crippen LogP contribution in [0.5, 0.6) is 0 Å². The molecule has 0 aliphatic carbocycles. The minimum absolute atomic E-state index is 0.0827. The molecule has 0 heterocycles. The second-order valence-electron chi connectivity index (χ2n) is 5.23. The lowest BCUT2D eigenvalue weighted by Gasteiger charge is -2.25. The zero-order chi connectivity index (χ0) is 16.0. The summed E-state index contributed by atoms with van der Waals surface area (Å²) in [4.78, 5) is 14.1. The van der Waals surface area contributed by atoms with Gasteiger partial charge in [-0.25, -0.2) is 8.42 Å². The molecule has 1 unspecified atom stereocenters. The van der Waals surface area contributed by atoms with E-state index < -0.39 is 9.84 Å². The summed E-state index contributed by atoms with van der Waals surface area (Å²) in [6.07, 6.45) is 2.49. The Morgan fingerprint density at radius 2 is 1.86 bits per heavy atom. The van der Waals surface area contributed by atoms with Crippen molar-refractivity contribution in [2.75, 3.05) is 26.9 Å². The van der Waals surface area contributed by atoms with Gasteiger partial charge in [-0.15, -0.1) is 0 Å². The Morgan fingerprint density at radius 3 is 2.33 bits per heavy atom. The third-order valence-corrected chi connectivity index (χ3v) is 4.71. The molecule has 0 aliphatic rings. The number of carbonyl (C=O) groups excluding carboxylic acids is 1. The van der Waals surface area contributed by atoms with E-state index in [1.165, 1.54) is 6.26 Å². The van der Waals surface area contributed by atoms with E-state index in [2.05, 4.69) is 5.32 Å². The summed E-state index contributed by atoms with van der Waals surface area (Å²) >= 11 is 0. The van der Waals surface area contributed by atoms with Gasteiger partial charge in [0.25, 0.3) is 0 Å². The first-order valence-electron chi connectivity index (χ1n) is 6.97. The Hall–Kier alpha value is -1.40. The number of nitrogens with one attached hydrogen (secondary N) is 1. The summed E-state index contributed by atoms with van der Waals surface area (Å²) in [6, 6.07) is 6.61. The van der Waals surface area contributed by atoms with E-state index in [0.29, 0.717) is 11.3 Å². The van der Waals surface area contributed by atoms with Crippen molar-refractivity contribution >= 4 is 15.7 Å². The summed E-state index contributed by atoms with van der Waals surface area (Å²) in [6.45, 7) is 2.75. The van der Waals surface area contributed by atoms with Crippen LogP contribution >= 0.6 is 0 Å². The molecule has 1 aromatic rings. The zero-order valence-electron chi connectivity index (χ0n) is 13.1. The number of sulfone groups is 1. The molecule has 0 aliphatic heterocycles. The van der Waals surface area contributed by atoms with Gasteiger partial charge in [-0.3, -0.25) is 4.79 Å². The molecule has 0 radical (unpaired) electrons. The molecule has 1 aromatic carbocycles. The number of hydrogen-bond acceptors (Lipinski definition) is 4. The van der Waals surface area contributed by atoms with Gasteiger partial charge in [-0.2, -0.15) is 0 Å². The molecule has 0 spiro atoms. The Balaban J connectivity index is 2.74. The van der Waals surface area contributed by atoms with Gasteiger partial charge in [0, 0.05) is 19.7 Å². The Bertz CT molecular complexity index is 567. The third kappa shape index (κ3) is 5.13. The van der Waals surface area contributed by atoms with Crippen molar-refractivity contribution in [3.63, 3.8) is 0 Å². The fourth-order valence-corrected chi connectivity index (χ4v) is 2.66. The maximum absolute atomic E-state index is 12.1. The topological polar surface area (TPSA) is 66.5 Å². The standard InChI is InChI=1S/C15H24N2O3S/c1-12(17(3)15(18)6-5-11-16-2)13-7-9-14(10-8-13)21(4,19)20/h7-10,12,16H,5-6,11H2,1-4H3. The van der Waals surface area contributed by atoms with Gasteiger partial charge in [0.15, 0.2) is 9.84 Å². The molecule has 5 nitrogen and oxygen atoms in total. The van der Waals surface area contributed by atoms with Gasteiger partial charge in [0.1, 0.15) is 0 Å². The first-order chi connectivity index (χ1) is 9.77. The van der Waals surface area contributed by atoms with Gasteiger partial charge >= 0.3 is 0 Å². The van der Waals surface area contributed by atoms with E-state index in [1.807, 2.05) is 14.0 Å². The monoisotopic (exact) mass is 312 g/mol. The van der Waals surface area contributed by atoms with E-state index in [0.717, 1.165) is 18.5 Å². The van der Waals surface area contributed by atoms with Crippen LogP contribution in [-0.4, -0.2) is 46.1 Å². The van der Waals surface area contributed by atoms with Crippen LogP contribution in [0.1, 0.15) is 31.4 Å². The van der Waals surface area contributed by atoms with E-state index in [1.54, 1.807) is 36.2 Å². The summed E-state index contributed by atoms with van der Waals surface area (Å²) in [5.41, 5.74) is 0.923. The van der Waals surface area contributed by atoms with E-state index in [4.69, 9.17) is 0 Å². The summed E-state index contributed by atoms with van der Waals surface area (Å²) < 4.78 is 22.9. The van der Waals surface area contributed by atoms with Gasteiger partial charge < -0.3 is 10.2 Å². The highest BCUT2D eigenvalue weighted by molar-refractivity contribution is 7.90. The lowest BCUT2D eigenvalue weighted by Crippen LogP contribution is -2.30. The van der Waals surface area contributed by atoms with Gasteiger partial charge in [-0.05, 0) is 44.6 Å². The van der Waals surface area contributed by atoms with Crippen LogP contribution in [0, 0.1) is 0 Å². The van der Waals surface area contributed by atoms with Crippen LogP contribution in [0.4, 0.5) is 0 Å². The van der Waals surface area contributed by atoms with Crippen molar-refractivity contribution in [2.45, 2.75) is 30.7 Å². The molecule has 6 heteroatoms. The summed E-state index contributed by atoms with van der Waals surface area (Å²) in [5.74, 6) is 0.0879. The SMILES string of the molecule is CNCCCC(=O)N(C)C(C)c1ccc(S(C)(=O)=O)cc1. The molecular weight excluding hydrogens is 288 g/mol. The van der Waals surface area contributed by atoms with E-state index >= 15 is 0 Å². The highest BCUT2D eigenvalue weighted by atomic mass is 32.2. The quantitative estimate of drug-likeness (QED) is 0.777. The van der Waals surface area contributed by atoms with Crippen LogP contribution in [0.25, 0.3) is 0 Å². The Morgan fingerprint density at radius 1 is 1.29 bits per heavy atom. The van der Waals surface area contributed by atoms with Crippen molar-refractivity contribution in [1.29, 1.82) is 0 Å². The first-order valence-corrected chi connectivity index (χ1v) is 8.86. The van der Waals surface area contributed by atoms with Crippen molar-refractivity contribution in [3.05, 3.63) is 29.8 Å². The van der Waals surface area contributed by atoms with Crippen LogP contribution in [0.15, 0.2) is 29.2 Å². The van der Waals surface area contributed by atoms with Crippen LogP contribution in [0.2, 0.25) is 0 Å². The Labute approximate surface area is 127 Å². The fraction of sp³-hybridized carbons (Fsp3) is 0.533. The largest absolute Gasteiger partial charge is 0.339 e. The van der Waals surface area contributed by atoms with Crippen LogP contribution in [0.3, 0.4) is 0 Å². The van der Waals surface area contributed by atoms with E-state index in [-0.39, 0.29) is 11.9 Å². The smallest absolute Gasteiger partial charge is 0.222 e. The number of hydrogen-bond donors (Lipinski definition) is 1. The number of nitrogens with zero attached hydrogens (tertiary/aromatic N) is 1. The molecule has 1 rings (SSSR count). The highest BCUT2D eigenvalue weighted by Gasteiger charge is 2.17. The van der Waals surface area contributed by atoms with Gasteiger partial charge in [0.2, 0.25) is 5.91 Å². The molecule has 118 valence electrons. The van der Waals surface area contributed by atoms with Gasteiger partial charge in [-0.1, -0.05) is 12.1 Å². The average Bonchev–Trinajstić information content (AvgIpc) is 2.45. The van der Waals surface area contributed by atoms with Crippen LogP contribution in [-0.2, 0) is 14.6 Å². The summed E-state index contributed by atoms with van der Waals surface area (Å²) in [5, 5.41) is 3.02. The molecule has 1 atom stereocenters. The number of amides is 1. The van der Waals surface area contributed by atoms with Crippen molar-refractivity contribution in [1.82, 2.24) is 10.2 Å². The molecule has 0 saturated carbocycles. The molecular formula is C15H24N2O3S. The normalized spacial score (nSPS) is 13.0. The van der Waals surface area contributed by atoms with Crippen molar-refractivity contribution in [3.8, 4) is 0 Å². The second kappa shape index (κ2) is 7.56. The second-order valence-corrected chi connectivity index (χ2v) is 7.24. The number of rotatable bonds is 7.